The fraction of sp³-hybridized carbons (Fsp3) is 0.257. The number of halogens is 6. The number of anilines is 1. The van der Waals surface area contributed by atoms with Gasteiger partial charge in [-0.1, -0.05) is 96.3 Å². The molecule has 4 aromatic carbocycles. The number of nitrogens with one attached hydrogen (secondary N) is 1. The first kappa shape index (κ1) is 38.0. The zero-order chi connectivity index (χ0) is 35.9. The molecule has 4 rings (SSSR count). The van der Waals surface area contributed by atoms with Gasteiger partial charge in [-0.05, 0) is 66.9 Å². The monoisotopic (exact) mass is 753 g/mol. The number of rotatable bonds is 13. The summed E-state index contributed by atoms with van der Waals surface area (Å²) in [5.41, 5.74) is -0.553. The van der Waals surface area contributed by atoms with E-state index in [2.05, 4.69) is 5.32 Å². The average molecular weight is 755 g/mol. The molecular weight excluding hydrogens is 722 g/mol. The molecule has 4 aromatic rings. The molecule has 0 bridgehead atoms. The Hall–Kier alpha value is -3.77. The summed E-state index contributed by atoms with van der Waals surface area (Å²) in [5, 5.41) is 2.70. The van der Waals surface area contributed by atoms with Crippen molar-refractivity contribution in [3.63, 3.8) is 0 Å². The molecule has 2 atom stereocenters. The van der Waals surface area contributed by atoms with Crippen molar-refractivity contribution in [2.45, 2.75) is 56.4 Å². The van der Waals surface area contributed by atoms with Crippen LogP contribution in [-0.4, -0.2) is 43.8 Å². The van der Waals surface area contributed by atoms with Gasteiger partial charge in [0.15, 0.2) is 0 Å². The van der Waals surface area contributed by atoms with Crippen molar-refractivity contribution in [3.8, 4) is 0 Å². The van der Waals surface area contributed by atoms with E-state index in [1.165, 1.54) is 41.3 Å². The Morgan fingerprint density at radius 1 is 0.816 bits per heavy atom. The number of nitrogens with zero attached hydrogens (tertiary/aromatic N) is 2. The number of amides is 2. The van der Waals surface area contributed by atoms with Gasteiger partial charge in [-0.15, -0.1) is 0 Å². The van der Waals surface area contributed by atoms with Crippen LogP contribution in [0.1, 0.15) is 37.0 Å². The summed E-state index contributed by atoms with van der Waals surface area (Å²) in [7, 11) is -4.63. The maximum Gasteiger partial charge on any atom is 0.417 e. The quantitative estimate of drug-likeness (QED) is 0.149. The van der Waals surface area contributed by atoms with Gasteiger partial charge in [0.2, 0.25) is 11.8 Å². The number of sulfonamides is 1. The van der Waals surface area contributed by atoms with Crippen molar-refractivity contribution >= 4 is 62.3 Å². The lowest BCUT2D eigenvalue weighted by Gasteiger charge is -2.34. The van der Waals surface area contributed by atoms with Crippen molar-refractivity contribution in [3.05, 3.63) is 129 Å². The third kappa shape index (κ3) is 9.69. The third-order valence-electron chi connectivity index (χ3n) is 7.76. The molecule has 0 saturated heterocycles. The van der Waals surface area contributed by atoms with Crippen molar-refractivity contribution in [1.82, 2.24) is 10.2 Å². The van der Waals surface area contributed by atoms with Crippen LogP contribution in [0.15, 0.2) is 102 Å². The summed E-state index contributed by atoms with van der Waals surface area (Å²) in [4.78, 5) is 29.4. The lowest BCUT2D eigenvalue weighted by Crippen LogP contribution is -2.54. The molecule has 0 radical (unpaired) electrons. The highest BCUT2D eigenvalue weighted by molar-refractivity contribution is 7.92. The molecule has 0 saturated carbocycles. The third-order valence-corrected chi connectivity index (χ3v) is 10.6. The number of carbonyl (C=O) groups is 2. The van der Waals surface area contributed by atoms with Gasteiger partial charge in [-0.2, -0.15) is 13.2 Å². The van der Waals surface area contributed by atoms with Crippen LogP contribution in [0.2, 0.25) is 15.1 Å². The molecule has 0 unspecified atom stereocenters. The van der Waals surface area contributed by atoms with Gasteiger partial charge in [-0.3, -0.25) is 13.9 Å². The molecule has 0 spiro atoms. The van der Waals surface area contributed by atoms with Gasteiger partial charge < -0.3 is 10.2 Å². The Labute approximate surface area is 298 Å². The van der Waals surface area contributed by atoms with E-state index in [4.69, 9.17) is 34.8 Å². The minimum Gasteiger partial charge on any atom is -0.352 e. The first-order chi connectivity index (χ1) is 23.1. The van der Waals surface area contributed by atoms with E-state index in [-0.39, 0.29) is 33.9 Å². The minimum absolute atomic E-state index is 0.0424. The van der Waals surface area contributed by atoms with Gasteiger partial charge in [-0.25, -0.2) is 8.42 Å². The highest BCUT2D eigenvalue weighted by atomic mass is 35.5. The highest BCUT2D eigenvalue weighted by Crippen LogP contribution is 2.38. The molecule has 0 heterocycles. The summed E-state index contributed by atoms with van der Waals surface area (Å²) in [6.07, 6.45) is -4.29. The van der Waals surface area contributed by atoms with Gasteiger partial charge in [0, 0.05) is 19.0 Å². The van der Waals surface area contributed by atoms with Gasteiger partial charge in [0.05, 0.1) is 31.2 Å². The molecule has 1 N–H and O–H groups in total. The molecule has 14 heteroatoms. The zero-order valence-corrected chi connectivity index (χ0v) is 29.5. The summed E-state index contributed by atoms with van der Waals surface area (Å²) in [6.45, 7) is 2.51. The molecule has 49 heavy (non-hydrogen) atoms. The van der Waals surface area contributed by atoms with Crippen molar-refractivity contribution in [1.29, 1.82) is 0 Å². The number of benzene rings is 4. The second kappa shape index (κ2) is 16.3. The number of hydrogen-bond acceptors (Lipinski definition) is 4. The summed E-state index contributed by atoms with van der Waals surface area (Å²) >= 11 is 18.3. The fourth-order valence-corrected chi connectivity index (χ4v) is 6.94. The molecule has 0 fully saturated rings. The van der Waals surface area contributed by atoms with E-state index in [0.717, 1.165) is 12.1 Å². The molecule has 2 amide bonds. The maximum atomic E-state index is 14.5. The van der Waals surface area contributed by atoms with Gasteiger partial charge in [0.25, 0.3) is 10.0 Å². The molecule has 0 aliphatic rings. The number of carbonyl (C=O) groups excluding carboxylic acids is 2. The van der Waals surface area contributed by atoms with E-state index in [9.17, 15) is 31.2 Å². The fourth-order valence-electron chi connectivity index (χ4n) is 4.96. The van der Waals surface area contributed by atoms with Gasteiger partial charge in [0.1, 0.15) is 12.6 Å². The molecule has 0 aromatic heterocycles. The maximum absolute atomic E-state index is 14.5. The Kier molecular flexibility index (Phi) is 12.6. The zero-order valence-electron chi connectivity index (χ0n) is 26.4. The smallest absolute Gasteiger partial charge is 0.352 e. The van der Waals surface area contributed by atoms with Crippen LogP contribution >= 0.6 is 34.8 Å². The predicted octanol–water partition coefficient (Wildman–Crippen LogP) is 8.42. The summed E-state index contributed by atoms with van der Waals surface area (Å²) in [6, 6.07) is 21.7. The average Bonchev–Trinajstić information content (AvgIpc) is 3.07. The highest BCUT2D eigenvalue weighted by Gasteiger charge is 2.38. The van der Waals surface area contributed by atoms with Crippen molar-refractivity contribution < 1.29 is 31.2 Å². The number of hydrogen-bond donors (Lipinski definition) is 1. The second-order valence-electron chi connectivity index (χ2n) is 11.3. The van der Waals surface area contributed by atoms with E-state index in [0.29, 0.717) is 27.9 Å². The molecule has 0 aliphatic heterocycles. The Morgan fingerprint density at radius 3 is 2.02 bits per heavy atom. The first-order valence-corrected chi connectivity index (χ1v) is 17.7. The van der Waals surface area contributed by atoms with Crippen LogP contribution in [0.3, 0.4) is 0 Å². The first-order valence-electron chi connectivity index (χ1n) is 15.1. The summed E-state index contributed by atoms with van der Waals surface area (Å²) < 4.78 is 70.6. The van der Waals surface area contributed by atoms with Crippen LogP contribution in [0, 0.1) is 0 Å². The Morgan fingerprint density at radius 2 is 1.43 bits per heavy atom. The molecule has 260 valence electrons. The van der Waals surface area contributed by atoms with E-state index in [1.807, 2.05) is 6.92 Å². The van der Waals surface area contributed by atoms with Crippen LogP contribution < -0.4 is 9.62 Å². The molecule has 0 aliphatic carbocycles. The van der Waals surface area contributed by atoms with E-state index in [1.54, 1.807) is 49.4 Å². The lowest BCUT2D eigenvalue weighted by atomic mass is 10.0. The predicted molar refractivity (Wildman–Crippen MR) is 186 cm³/mol. The topological polar surface area (TPSA) is 86.8 Å². The van der Waals surface area contributed by atoms with Crippen LogP contribution in [0.4, 0.5) is 18.9 Å². The SMILES string of the molecule is CC[C@H](C)NC(=O)[C@H](Cc1ccccc1)N(Cc1ccc(Cl)c(Cl)c1)C(=O)CN(c1ccc(Cl)c(C(F)(F)F)c1)S(=O)(=O)c1ccccc1. The largest absolute Gasteiger partial charge is 0.417 e. The van der Waals surface area contributed by atoms with E-state index >= 15 is 0 Å². The standard InChI is InChI=1S/C35H33Cl3F3N3O4S/c1-3-23(2)42-34(46)32(19-24-10-6-4-7-11-24)43(21-25-14-16-30(37)31(38)18-25)33(45)22-44(49(47,48)27-12-8-5-9-13-27)26-15-17-29(36)28(20-26)35(39,40)41/h4-18,20,23,32H,3,19,21-22H2,1-2H3,(H,42,46)/t23-,32-/m0/s1. The summed E-state index contributed by atoms with van der Waals surface area (Å²) in [5.74, 6) is -1.37. The normalized spacial score (nSPS) is 13.0. The number of alkyl halides is 3. The van der Waals surface area contributed by atoms with Crippen molar-refractivity contribution in [2.75, 3.05) is 10.8 Å². The minimum atomic E-state index is -4.92. The van der Waals surface area contributed by atoms with Crippen molar-refractivity contribution in [2.24, 2.45) is 0 Å². The Balaban J connectivity index is 1.87. The Bertz CT molecular complexity index is 1880. The van der Waals surface area contributed by atoms with Gasteiger partial charge >= 0.3 is 6.18 Å². The van der Waals surface area contributed by atoms with Crippen LogP contribution in [0.25, 0.3) is 0 Å². The lowest BCUT2D eigenvalue weighted by molar-refractivity contribution is -0.140. The molecule has 7 nitrogen and oxygen atoms in total. The molecular formula is C35H33Cl3F3N3O4S. The second-order valence-corrected chi connectivity index (χ2v) is 14.4. The van der Waals surface area contributed by atoms with E-state index < -0.39 is 56.9 Å². The van der Waals surface area contributed by atoms with Crippen LogP contribution in [0.5, 0.6) is 0 Å². The van der Waals surface area contributed by atoms with Crippen LogP contribution in [-0.2, 0) is 38.8 Å².